The van der Waals surface area contributed by atoms with Gasteiger partial charge in [-0.1, -0.05) is 26.0 Å². The van der Waals surface area contributed by atoms with E-state index in [-0.39, 0.29) is 91.6 Å². The summed E-state index contributed by atoms with van der Waals surface area (Å²) in [6.45, 7) is 5.13. The molecule has 1 heterocycles. The summed E-state index contributed by atoms with van der Waals surface area (Å²) in [5, 5.41) is 21.9. The summed E-state index contributed by atoms with van der Waals surface area (Å²) >= 11 is 0. The molecule has 1 saturated heterocycles. The maximum Gasteiger partial charge on any atom is 1.00 e. The molecule has 3 N–H and O–H groups in total. The van der Waals surface area contributed by atoms with Gasteiger partial charge in [-0.15, -0.1) is 0 Å². The predicted octanol–water partition coefficient (Wildman–Crippen LogP) is -3.68. The van der Waals surface area contributed by atoms with Crippen molar-refractivity contribution in [2.24, 2.45) is 5.92 Å². The number of rotatable bonds is 7. The molecule has 134 valence electrons. The van der Waals surface area contributed by atoms with Gasteiger partial charge in [0.05, 0.1) is 11.1 Å². The van der Waals surface area contributed by atoms with Crippen molar-refractivity contribution in [1.82, 2.24) is 5.32 Å². The van der Waals surface area contributed by atoms with Crippen LogP contribution in [0.5, 0.6) is 5.75 Å². The van der Waals surface area contributed by atoms with Gasteiger partial charge < -0.3 is 23.1 Å². The Morgan fingerprint density at radius 3 is 2.23 bits per heavy atom. The summed E-state index contributed by atoms with van der Waals surface area (Å²) in [4.78, 5) is 22.9. The zero-order chi connectivity index (χ0) is 17.7. The molecule has 0 spiro atoms. The predicted molar refractivity (Wildman–Crippen MR) is 91.4 cm³/mol. The van der Waals surface area contributed by atoms with Crippen molar-refractivity contribution in [2.75, 3.05) is 13.1 Å². The Labute approximate surface area is 200 Å². The molecule has 0 amide bonds. The monoisotopic (exact) mass is 381 g/mol. The van der Waals surface area contributed by atoms with Crippen LogP contribution in [0, 0.1) is 5.92 Å². The maximum absolute atomic E-state index is 11.5. The first kappa shape index (κ1) is 25.7. The molecule has 2 rings (SSSR count). The molecule has 26 heavy (non-hydrogen) atoms. The zero-order valence-corrected chi connectivity index (χ0v) is 19.9. The number of hydrogen-bond donors (Lipinski definition) is 3. The van der Waals surface area contributed by atoms with Crippen LogP contribution in [-0.2, 0) is 16.0 Å². The number of benzene rings is 1. The second-order valence-electron chi connectivity index (χ2n) is 6.21. The Morgan fingerprint density at radius 2 is 1.81 bits per heavy atom. The van der Waals surface area contributed by atoms with Crippen LogP contribution in [0.3, 0.4) is 0 Å². The average Bonchev–Trinajstić information content (AvgIpc) is 3.00. The number of carboxylic acids is 2. The van der Waals surface area contributed by atoms with Crippen molar-refractivity contribution in [2.45, 2.75) is 32.8 Å². The zero-order valence-electron chi connectivity index (χ0n) is 17.9. The Morgan fingerprint density at radius 1 is 1.19 bits per heavy atom. The molecule has 0 aromatic heterocycles. The number of aliphatic carboxylic acids is 2. The third kappa shape index (κ3) is 7.35. The van der Waals surface area contributed by atoms with E-state index in [0.29, 0.717) is 0 Å². The van der Waals surface area contributed by atoms with Crippen molar-refractivity contribution < 1.29 is 86.5 Å². The van der Waals surface area contributed by atoms with Crippen LogP contribution < -0.4 is 69.2 Å². The first-order valence-corrected chi connectivity index (χ1v) is 8.04. The van der Waals surface area contributed by atoms with Crippen molar-refractivity contribution in [1.29, 1.82) is 0 Å². The van der Waals surface area contributed by atoms with Crippen molar-refractivity contribution in [3.8, 4) is 5.75 Å². The molecule has 0 radical (unpaired) electrons. The van der Waals surface area contributed by atoms with Gasteiger partial charge in [0.2, 0.25) is 0 Å². The Bertz CT molecular complexity index is 648. The van der Waals surface area contributed by atoms with Gasteiger partial charge in [-0.3, -0.25) is 0 Å². The van der Waals surface area contributed by atoms with E-state index < -0.39 is 11.9 Å². The van der Waals surface area contributed by atoms with E-state index in [9.17, 15) is 19.8 Å². The van der Waals surface area contributed by atoms with Gasteiger partial charge in [-0.2, -0.15) is 0 Å². The number of ether oxygens (including phenoxy) is 1. The number of nitrogens with one attached hydrogen (secondary N) is 1. The fraction of sp³-hybridized carbons (Fsp3) is 0.444. The summed E-state index contributed by atoms with van der Waals surface area (Å²) in [6.07, 6.45) is 1.19. The van der Waals surface area contributed by atoms with Crippen LogP contribution in [0.25, 0.3) is 0 Å². The van der Waals surface area contributed by atoms with Crippen LogP contribution in [0.15, 0.2) is 35.4 Å². The van der Waals surface area contributed by atoms with Crippen LogP contribution in [0.2, 0.25) is 0 Å². The summed E-state index contributed by atoms with van der Waals surface area (Å²) in [5.41, 5.74) is 0.606. The first-order chi connectivity index (χ1) is 11.4. The minimum Gasteiger partial charge on any atom is -1.00 e. The van der Waals surface area contributed by atoms with Gasteiger partial charge in [0.25, 0.3) is 0 Å². The second kappa shape index (κ2) is 12.2. The third-order valence-electron chi connectivity index (χ3n) is 4.01. The Hall–Kier alpha value is -0.340. The molecule has 1 aromatic carbocycles. The van der Waals surface area contributed by atoms with Gasteiger partial charge in [-0.25, -0.2) is 9.59 Å². The SMILES string of the molecule is CC(C)/C(C(=O)O)=C(\Cc1ccc(OC2CCNC2)cc1)C(=O)O.[H-].[H-].[Na+].[Na+]. The van der Waals surface area contributed by atoms with Gasteiger partial charge in [0, 0.05) is 13.0 Å². The smallest absolute Gasteiger partial charge is 1.00 e. The minimum atomic E-state index is -1.20. The number of hydrogen-bond acceptors (Lipinski definition) is 4. The quantitative estimate of drug-likeness (QED) is 0.333. The largest absolute Gasteiger partial charge is 1.00 e. The second-order valence-corrected chi connectivity index (χ2v) is 6.21. The first-order valence-electron chi connectivity index (χ1n) is 8.04. The molecule has 1 fully saturated rings. The van der Waals surface area contributed by atoms with Gasteiger partial charge in [-0.05, 0) is 36.6 Å². The van der Waals surface area contributed by atoms with Gasteiger partial charge in [0.15, 0.2) is 0 Å². The number of carbonyl (C=O) groups is 2. The third-order valence-corrected chi connectivity index (χ3v) is 4.01. The van der Waals surface area contributed by atoms with E-state index in [1.54, 1.807) is 38.1 Å². The molecule has 8 heteroatoms. The van der Waals surface area contributed by atoms with Crippen LogP contribution in [-0.4, -0.2) is 41.3 Å². The Balaban J connectivity index is -0.00000156. The fourth-order valence-electron chi connectivity index (χ4n) is 2.82. The summed E-state index contributed by atoms with van der Waals surface area (Å²) < 4.78 is 5.82. The summed E-state index contributed by atoms with van der Waals surface area (Å²) in [6, 6.07) is 7.15. The van der Waals surface area contributed by atoms with E-state index in [1.807, 2.05) is 0 Å². The standard InChI is InChI=1S/C18H23NO5.2Na.2H/c1-11(2)16(18(22)23)15(17(20)21)9-12-3-5-13(6-4-12)24-14-7-8-19-10-14;;;;/h3-6,11,14,19H,7-10H2,1-2H3,(H,20,21)(H,22,23);;;;/q;2*+1;2*-1/b16-15-;;;;. The number of carboxylic acid groups (broad SMARTS) is 2. The van der Waals surface area contributed by atoms with Crippen molar-refractivity contribution in [3.05, 3.63) is 41.0 Å². The van der Waals surface area contributed by atoms with E-state index in [2.05, 4.69) is 5.32 Å². The molecule has 1 aromatic rings. The Kier molecular flexibility index (Phi) is 12.0. The van der Waals surface area contributed by atoms with E-state index >= 15 is 0 Å². The molecule has 0 aliphatic carbocycles. The topological polar surface area (TPSA) is 95.9 Å². The molecular formula is C18H25NNa2O5. The van der Waals surface area contributed by atoms with E-state index in [1.165, 1.54) is 0 Å². The molecular weight excluding hydrogens is 356 g/mol. The molecule has 1 aliphatic heterocycles. The minimum absolute atomic E-state index is 0. The molecule has 1 atom stereocenters. The molecule has 0 saturated carbocycles. The molecule has 1 aliphatic rings. The van der Waals surface area contributed by atoms with Crippen molar-refractivity contribution in [3.63, 3.8) is 0 Å². The molecule has 0 bridgehead atoms. The van der Waals surface area contributed by atoms with E-state index in [4.69, 9.17) is 4.74 Å². The summed E-state index contributed by atoms with van der Waals surface area (Å²) in [5.74, 6) is -2.02. The normalized spacial score (nSPS) is 17.0. The van der Waals surface area contributed by atoms with Crippen LogP contribution >= 0.6 is 0 Å². The average molecular weight is 381 g/mol. The summed E-state index contributed by atoms with van der Waals surface area (Å²) in [7, 11) is 0. The van der Waals surface area contributed by atoms with Crippen LogP contribution in [0.1, 0.15) is 28.7 Å². The van der Waals surface area contributed by atoms with Gasteiger partial charge >= 0.3 is 71.1 Å². The maximum atomic E-state index is 11.5. The molecule has 1 unspecified atom stereocenters. The fourth-order valence-corrected chi connectivity index (χ4v) is 2.82. The molecule has 6 nitrogen and oxygen atoms in total. The van der Waals surface area contributed by atoms with Crippen molar-refractivity contribution >= 4 is 11.9 Å². The van der Waals surface area contributed by atoms with Gasteiger partial charge in [0.1, 0.15) is 11.9 Å². The van der Waals surface area contributed by atoms with E-state index in [0.717, 1.165) is 30.8 Å². The van der Waals surface area contributed by atoms with Crippen LogP contribution in [0.4, 0.5) is 0 Å².